The van der Waals surface area contributed by atoms with E-state index in [1.165, 1.54) is 6.92 Å². The van der Waals surface area contributed by atoms with Gasteiger partial charge in [0.1, 0.15) is 11.6 Å². The Balaban J connectivity index is 2.15. The zero-order chi connectivity index (χ0) is 13.8. The molecular formula is C12H15N5O2. The van der Waals surface area contributed by atoms with Gasteiger partial charge in [-0.3, -0.25) is 10.1 Å². The molecular weight excluding hydrogens is 246 g/mol. The summed E-state index contributed by atoms with van der Waals surface area (Å²) >= 11 is 0. The van der Waals surface area contributed by atoms with Crippen LogP contribution in [0.2, 0.25) is 0 Å². The molecule has 7 nitrogen and oxygen atoms in total. The van der Waals surface area contributed by atoms with Gasteiger partial charge in [-0.05, 0) is 26.0 Å². The predicted molar refractivity (Wildman–Crippen MR) is 69.6 cm³/mol. The molecule has 1 unspecified atom stereocenters. The number of hydrogen-bond donors (Lipinski definition) is 2. The Hall–Kier alpha value is -2.44. The number of nitrogens with zero attached hydrogens (tertiary/aromatic N) is 3. The van der Waals surface area contributed by atoms with Gasteiger partial charge in [0.2, 0.25) is 17.8 Å². The molecule has 0 aromatic carbocycles. The first-order valence-electron chi connectivity index (χ1n) is 5.85. The number of nitrogens with one attached hydrogen (secondary N) is 2. The molecule has 19 heavy (non-hydrogen) atoms. The van der Waals surface area contributed by atoms with Gasteiger partial charge in [0.15, 0.2) is 0 Å². The van der Waals surface area contributed by atoms with Crippen LogP contribution in [0.5, 0.6) is 0 Å². The Morgan fingerprint density at radius 3 is 2.68 bits per heavy atom. The van der Waals surface area contributed by atoms with Crippen LogP contribution in [0.4, 0.5) is 11.9 Å². The summed E-state index contributed by atoms with van der Waals surface area (Å²) in [6.45, 7) is 5.06. The van der Waals surface area contributed by atoms with Gasteiger partial charge in [0, 0.05) is 6.92 Å². The lowest BCUT2D eigenvalue weighted by Gasteiger charge is -2.12. The molecule has 0 bridgehead atoms. The molecule has 0 saturated heterocycles. The van der Waals surface area contributed by atoms with Crippen molar-refractivity contribution in [3.05, 3.63) is 30.0 Å². The molecule has 2 rings (SSSR count). The molecule has 0 spiro atoms. The van der Waals surface area contributed by atoms with Crippen molar-refractivity contribution in [1.29, 1.82) is 0 Å². The van der Waals surface area contributed by atoms with Crippen LogP contribution >= 0.6 is 0 Å². The van der Waals surface area contributed by atoms with Gasteiger partial charge in [-0.15, -0.1) is 0 Å². The van der Waals surface area contributed by atoms with E-state index in [-0.39, 0.29) is 17.9 Å². The van der Waals surface area contributed by atoms with Gasteiger partial charge >= 0.3 is 0 Å². The number of carbonyl (C=O) groups is 1. The topological polar surface area (TPSA) is 92.9 Å². The SMILES string of the molecule is CC(=O)Nc1nc(C)nc(NC(C)c2ccco2)n1. The summed E-state index contributed by atoms with van der Waals surface area (Å²) < 4.78 is 5.29. The zero-order valence-electron chi connectivity index (χ0n) is 11.0. The largest absolute Gasteiger partial charge is 0.467 e. The summed E-state index contributed by atoms with van der Waals surface area (Å²) in [6.07, 6.45) is 1.61. The third kappa shape index (κ3) is 3.51. The maximum absolute atomic E-state index is 11.0. The van der Waals surface area contributed by atoms with Crippen LogP contribution in [0.25, 0.3) is 0 Å². The molecule has 100 valence electrons. The van der Waals surface area contributed by atoms with Gasteiger partial charge < -0.3 is 9.73 Å². The zero-order valence-corrected chi connectivity index (χ0v) is 11.0. The highest BCUT2D eigenvalue weighted by atomic mass is 16.3. The molecule has 7 heteroatoms. The number of hydrogen-bond acceptors (Lipinski definition) is 6. The smallest absolute Gasteiger partial charge is 0.234 e. The van der Waals surface area contributed by atoms with Crippen LogP contribution < -0.4 is 10.6 Å². The molecule has 1 amide bonds. The van der Waals surface area contributed by atoms with Crippen molar-refractivity contribution in [2.24, 2.45) is 0 Å². The number of furan rings is 1. The van der Waals surface area contributed by atoms with Crippen LogP contribution in [0.1, 0.15) is 31.5 Å². The van der Waals surface area contributed by atoms with E-state index in [2.05, 4.69) is 25.6 Å². The first-order valence-corrected chi connectivity index (χ1v) is 5.85. The van der Waals surface area contributed by atoms with Crippen LogP contribution in [0.3, 0.4) is 0 Å². The van der Waals surface area contributed by atoms with Crippen molar-refractivity contribution in [2.45, 2.75) is 26.8 Å². The monoisotopic (exact) mass is 261 g/mol. The molecule has 0 aliphatic rings. The fourth-order valence-electron chi connectivity index (χ4n) is 1.56. The third-order valence-electron chi connectivity index (χ3n) is 2.35. The second kappa shape index (κ2) is 5.47. The Labute approximate surface area is 110 Å². The normalized spacial score (nSPS) is 11.9. The minimum Gasteiger partial charge on any atom is -0.467 e. The summed E-state index contributed by atoms with van der Waals surface area (Å²) in [5.74, 6) is 1.69. The molecule has 0 saturated carbocycles. The van der Waals surface area contributed by atoms with Crippen molar-refractivity contribution in [3.63, 3.8) is 0 Å². The lowest BCUT2D eigenvalue weighted by atomic mass is 10.2. The van der Waals surface area contributed by atoms with Crippen molar-refractivity contribution >= 4 is 17.8 Å². The highest BCUT2D eigenvalue weighted by Gasteiger charge is 2.11. The van der Waals surface area contributed by atoms with E-state index < -0.39 is 0 Å². The minimum atomic E-state index is -0.226. The molecule has 2 aromatic rings. The summed E-state index contributed by atoms with van der Waals surface area (Å²) in [4.78, 5) is 23.3. The van der Waals surface area contributed by atoms with E-state index in [9.17, 15) is 4.79 Å². The van der Waals surface area contributed by atoms with E-state index in [0.29, 0.717) is 11.8 Å². The average Bonchev–Trinajstić information content (AvgIpc) is 2.79. The number of carbonyl (C=O) groups excluding carboxylic acids is 1. The van der Waals surface area contributed by atoms with Crippen molar-refractivity contribution in [2.75, 3.05) is 10.6 Å². The lowest BCUT2D eigenvalue weighted by Crippen LogP contribution is -2.14. The Morgan fingerprint density at radius 2 is 2.05 bits per heavy atom. The molecule has 1 atom stereocenters. The highest BCUT2D eigenvalue weighted by Crippen LogP contribution is 2.17. The number of rotatable bonds is 4. The number of aromatic nitrogens is 3. The Kier molecular flexibility index (Phi) is 3.74. The molecule has 2 aromatic heterocycles. The molecule has 0 radical (unpaired) electrons. The fourth-order valence-corrected chi connectivity index (χ4v) is 1.56. The van der Waals surface area contributed by atoms with E-state index in [0.717, 1.165) is 5.76 Å². The minimum absolute atomic E-state index is 0.0815. The highest BCUT2D eigenvalue weighted by molar-refractivity contribution is 5.86. The van der Waals surface area contributed by atoms with Crippen LogP contribution in [0.15, 0.2) is 22.8 Å². The quantitative estimate of drug-likeness (QED) is 0.873. The van der Waals surface area contributed by atoms with Gasteiger partial charge in [0.25, 0.3) is 0 Å². The second-order valence-corrected chi connectivity index (χ2v) is 4.09. The van der Waals surface area contributed by atoms with E-state index in [1.54, 1.807) is 13.2 Å². The van der Waals surface area contributed by atoms with Crippen LogP contribution in [0, 0.1) is 6.92 Å². The molecule has 0 aliphatic heterocycles. The van der Waals surface area contributed by atoms with Gasteiger partial charge in [-0.2, -0.15) is 15.0 Å². The summed E-state index contributed by atoms with van der Waals surface area (Å²) in [5, 5.41) is 5.62. The fraction of sp³-hybridized carbons (Fsp3) is 0.333. The molecule has 0 aliphatic carbocycles. The number of anilines is 2. The summed E-state index contributed by atoms with van der Waals surface area (Å²) in [7, 11) is 0. The van der Waals surface area contributed by atoms with Crippen LogP contribution in [-0.2, 0) is 4.79 Å². The van der Waals surface area contributed by atoms with Crippen molar-refractivity contribution < 1.29 is 9.21 Å². The Morgan fingerprint density at radius 1 is 1.32 bits per heavy atom. The average molecular weight is 261 g/mol. The predicted octanol–water partition coefficient (Wildman–Crippen LogP) is 1.90. The Bertz CT molecular complexity index is 568. The van der Waals surface area contributed by atoms with Gasteiger partial charge in [-0.25, -0.2) is 0 Å². The van der Waals surface area contributed by atoms with E-state index in [4.69, 9.17) is 4.42 Å². The molecule has 2 N–H and O–H groups in total. The van der Waals surface area contributed by atoms with E-state index >= 15 is 0 Å². The maximum Gasteiger partial charge on any atom is 0.234 e. The maximum atomic E-state index is 11.0. The van der Waals surface area contributed by atoms with Crippen molar-refractivity contribution in [1.82, 2.24) is 15.0 Å². The standard InChI is InChI=1S/C12H15N5O2/c1-7(10-5-4-6-19-10)13-11-14-8(2)15-12(17-11)16-9(3)18/h4-7H,1-3H3,(H2,13,14,15,16,17,18). The number of amides is 1. The van der Waals surface area contributed by atoms with Gasteiger partial charge in [-0.1, -0.05) is 0 Å². The summed E-state index contributed by atoms with van der Waals surface area (Å²) in [5.41, 5.74) is 0. The number of aryl methyl sites for hydroxylation is 1. The second-order valence-electron chi connectivity index (χ2n) is 4.09. The first-order chi connectivity index (χ1) is 9.04. The van der Waals surface area contributed by atoms with E-state index in [1.807, 2.05) is 19.1 Å². The van der Waals surface area contributed by atoms with Crippen LogP contribution in [-0.4, -0.2) is 20.9 Å². The van der Waals surface area contributed by atoms with Crippen molar-refractivity contribution in [3.8, 4) is 0 Å². The lowest BCUT2D eigenvalue weighted by molar-refractivity contribution is -0.114. The third-order valence-corrected chi connectivity index (χ3v) is 2.35. The molecule has 2 heterocycles. The first kappa shape index (κ1) is 13.0. The summed E-state index contributed by atoms with van der Waals surface area (Å²) in [6, 6.07) is 3.59. The molecule has 0 fully saturated rings. The van der Waals surface area contributed by atoms with Gasteiger partial charge in [0.05, 0.1) is 12.3 Å².